The lowest BCUT2D eigenvalue weighted by Gasteiger charge is -2.28. The molecule has 1 amide bonds. The smallest absolute Gasteiger partial charge is 0.238 e. The van der Waals surface area contributed by atoms with Gasteiger partial charge in [0.25, 0.3) is 0 Å². The zero-order valence-corrected chi connectivity index (χ0v) is 12.4. The third kappa shape index (κ3) is 4.83. The average Bonchev–Trinajstić information content (AvgIpc) is 2.46. The highest BCUT2D eigenvalue weighted by Crippen LogP contribution is 2.22. The second-order valence-electron chi connectivity index (χ2n) is 4.99. The Labute approximate surface area is 120 Å². The molecular weight excluding hydrogens is 256 g/mol. The van der Waals surface area contributed by atoms with Gasteiger partial charge in [-0.25, -0.2) is 0 Å². The van der Waals surface area contributed by atoms with Crippen LogP contribution in [0.3, 0.4) is 0 Å². The summed E-state index contributed by atoms with van der Waals surface area (Å²) in [4.78, 5) is 12.0. The monoisotopic (exact) mass is 280 g/mol. The van der Waals surface area contributed by atoms with Crippen molar-refractivity contribution in [3.63, 3.8) is 0 Å². The number of methoxy groups -OCH3 is 1. The average molecular weight is 280 g/mol. The van der Waals surface area contributed by atoms with Crippen molar-refractivity contribution in [2.45, 2.75) is 32.2 Å². The Hall–Kier alpha value is -1.59. The fraction of sp³-hybridized carbons (Fsp3) is 0.533. The first-order valence-electron chi connectivity index (χ1n) is 6.83. The number of nitrogens with one attached hydrogen (secondary N) is 2. The van der Waals surface area contributed by atoms with Crippen LogP contribution in [0.5, 0.6) is 5.75 Å². The molecule has 20 heavy (non-hydrogen) atoms. The van der Waals surface area contributed by atoms with Crippen molar-refractivity contribution in [2.75, 3.05) is 25.6 Å². The van der Waals surface area contributed by atoms with Gasteiger partial charge in [-0.05, 0) is 31.9 Å². The van der Waals surface area contributed by atoms with Crippen LogP contribution in [0.1, 0.15) is 26.7 Å². The number of benzene rings is 1. The summed E-state index contributed by atoms with van der Waals surface area (Å²) in [6.07, 6.45) is 1.46. The van der Waals surface area contributed by atoms with E-state index >= 15 is 0 Å². The van der Waals surface area contributed by atoms with E-state index in [1.807, 2.05) is 26.0 Å². The van der Waals surface area contributed by atoms with Crippen LogP contribution in [0, 0.1) is 0 Å². The SMILES string of the molecule is CCC(C)(CCO)NCC(=O)Nc1ccccc1OC. The second kappa shape index (κ2) is 7.87. The van der Waals surface area contributed by atoms with Crippen LogP contribution in [-0.4, -0.2) is 36.8 Å². The van der Waals surface area contributed by atoms with Crippen LogP contribution >= 0.6 is 0 Å². The first kappa shape index (κ1) is 16.5. The van der Waals surface area contributed by atoms with Gasteiger partial charge in [-0.3, -0.25) is 4.79 Å². The van der Waals surface area contributed by atoms with Gasteiger partial charge in [-0.1, -0.05) is 19.1 Å². The summed E-state index contributed by atoms with van der Waals surface area (Å²) in [7, 11) is 1.57. The van der Waals surface area contributed by atoms with Crippen molar-refractivity contribution < 1.29 is 14.6 Å². The zero-order valence-electron chi connectivity index (χ0n) is 12.4. The van der Waals surface area contributed by atoms with Crippen LogP contribution in [0.4, 0.5) is 5.69 Å². The molecule has 0 spiro atoms. The quantitative estimate of drug-likeness (QED) is 0.679. The maximum absolute atomic E-state index is 12.0. The Balaban J connectivity index is 2.55. The van der Waals surface area contributed by atoms with Crippen molar-refractivity contribution in [1.29, 1.82) is 0 Å². The minimum Gasteiger partial charge on any atom is -0.495 e. The van der Waals surface area contributed by atoms with E-state index in [4.69, 9.17) is 9.84 Å². The fourth-order valence-corrected chi connectivity index (χ4v) is 1.87. The topological polar surface area (TPSA) is 70.6 Å². The third-order valence-electron chi connectivity index (χ3n) is 3.50. The lowest BCUT2D eigenvalue weighted by molar-refractivity contribution is -0.115. The van der Waals surface area contributed by atoms with E-state index in [0.717, 1.165) is 6.42 Å². The van der Waals surface area contributed by atoms with Gasteiger partial charge in [0, 0.05) is 12.1 Å². The third-order valence-corrected chi connectivity index (χ3v) is 3.50. The van der Waals surface area contributed by atoms with Crippen LogP contribution < -0.4 is 15.4 Å². The number of hydrogen-bond donors (Lipinski definition) is 3. The summed E-state index contributed by atoms with van der Waals surface area (Å²) in [5, 5.41) is 15.0. The number of amides is 1. The molecular formula is C15H24N2O3. The molecule has 0 aliphatic carbocycles. The molecule has 0 heterocycles. The fourth-order valence-electron chi connectivity index (χ4n) is 1.87. The lowest BCUT2D eigenvalue weighted by atomic mass is 9.95. The number of anilines is 1. The van der Waals surface area contributed by atoms with E-state index in [9.17, 15) is 4.79 Å². The summed E-state index contributed by atoms with van der Waals surface area (Å²) in [6, 6.07) is 7.28. The Morgan fingerprint density at radius 2 is 2.10 bits per heavy atom. The van der Waals surface area contributed by atoms with Crippen LogP contribution in [0.25, 0.3) is 0 Å². The number of hydrogen-bond acceptors (Lipinski definition) is 4. The van der Waals surface area contributed by atoms with E-state index in [1.54, 1.807) is 19.2 Å². The molecule has 0 saturated carbocycles. The predicted molar refractivity (Wildman–Crippen MR) is 80.0 cm³/mol. The van der Waals surface area contributed by atoms with Crippen molar-refractivity contribution in [3.05, 3.63) is 24.3 Å². The zero-order chi connectivity index (χ0) is 15.0. The molecule has 0 radical (unpaired) electrons. The molecule has 0 bridgehead atoms. The molecule has 0 aliphatic rings. The second-order valence-corrected chi connectivity index (χ2v) is 4.99. The summed E-state index contributed by atoms with van der Waals surface area (Å²) < 4.78 is 5.18. The molecule has 1 aromatic rings. The number of carbonyl (C=O) groups excluding carboxylic acids is 1. The van der Waals surface area contributed by atoms with Crippen molar-refractivity contribution in [2.24, 2.45) is 0 Å². The molecule has 0 saturated heterocycles. The molecule has 112 valence electrons. The summed E-state index contributed by atoms with van der Waals surface area (Å²) in [5.74, 6) is 0.501. The highest BCUT2D eigenvalue weighted by atomic mass is 16.5. The van der Waals surface area contributed by atoms with Crippen molar-refractivity contribution >= 4 is 11.6 Å². The number of rotatable bonds is 8. The number of aliphatic hydroxyl groups excluding tert-OH is 1. The van der Waals surface area contributed by atoms with Gasteiger partial charge in [-0.2, -0.15) is 0 Å². The summed E-state index contributed by atoms with van der Waals surface area (Å²) >= 11 is 0. The highest BCUT2D eigenvalue weighted by Gasteiger charge is 2.21. The molecule has 0 aromatic heterocycles. The first-order valence-corrected chi connectivity index (χ1v) is 6.83. The highest BCUT2D eigenvalue weighted by molar-refractivity contribution is 5.93. The summed E-state index contributed by atoms with van der Waals surface area (Å²) in [5.41, 5.74) is 0.425. The molecule has 5 heteroatoms. The van der Waals surface area contributed by atoms with Gasteiger partial charge in [0.2, 0.25) is 5.91 Å². The van der Waals surface area contributed by atoms with Crippen LogP contribution in [0.2, 0.25) is 0 Å². The molecule has 0 aliphatic heterocycles. The maximum atomic E-state index is 12.0. The van der Waals surface area contributed by atoms with E-state index in [-0.39, 0.29) is 24.6 Å². The maximum Gasteiger partial charge on any atom is 0.238 e. The number of carbonyl (C=O) groups is 1. The number of aliphatic hydroxyl groups is 1. The van der Waals surface area contributed by atoms with Crippen LogP contribution in [-0.2, 0) is 4.79 Å². The first-order chi connectivity index (χ1) is 9.54. The molecule has 5 nitrogen and oxygen atoms in total. The molecule has 1 rings (SSSR count). The van der Waals surface area contributed by atoms with E-state index in [0.29, 0.717) is 17.9 Å². The Morgan fingerprint density at radius 1 is 1.40 bits per heavy atom. The Kier molecular flexibility index (Phi) is 6.48. The number of para-hydroxylation sites is 2. The van der Waals surface area contributed by atoms with E-state index in [2.05, 4.69) is 10.6 Å². The van der Waals surface area contributed by atoms with Gasteiger partial charge in [0.15, 0.2) is 0 Å². The molecule has 1 atom stereocenters. The normalized spacial score (nSPS) is 13.6. The molecule has 1 aromatic carbocycles. The number of ether oxygens (including phenoxy) is 1. The van der Waals surface area contributed by atoms with Crippen molar-refractivity contribution in [1.82, 2.24) is 5.32 Å². The van der Waals surface area contributed by atoms with E-state index < -0.39 is 0 Å². The molecule has 3 N–H and O–H groups in total. The lowest BCUT2D eigenvalue weighted by Crippen LogP contribution is -2.46. The molecule has 0 fully saturated rings. The largest absolute Gasteiger partial charge is 0.495 e. The van der Waals surface area contributed by atoms with Gasteiger partial charge in [-0.15, -0.1) is 0 Å². The van der Waals surface area contributed by atoms with Crippen LogP contribution in [0.15, 0.2) is 24.3 Å². The Bertz CT molecular complexity index is 437. The van der Waals surface area contributed by atoms with Gasteiger partial charge in [0.05, 0.1) is 19.3 Å². The summed E-state index contributed by atoms with van der Waals surface area (Å²) in [6.45, 7) is 4.33. The van der Waals surface area contributed by atoms with Gasteiger partial charge >= 0.3 is 0 Å². The predicted octanol–water partition coefficient (Wildman–Crippen LogP) is 1.77. The minimum absolute atomic E-state index is 0.103. The van der Waals surface area contributed by atoms with E-state index in [1.165, 1.54) is 0 Å². The minimum atomic E-state index is -0.229. The van der Waals surface area contributed by atoms with Crippen molar-refractivity contribution in [3.8, 4) is 5.75 Å². The molecule has 1 unspecified atom stereocenters. The van der Waals surface area contributed by atoms with Gasteiger partial charge in [0.1, 0.15) is 5.75 Å². The Morgan fingerprint density at radius 3 is 2.70 bits per heavy atom. The standard InChI is InChI=1S/C15H24N2O3/c1-4-15(2,9-10-18)16-11-14(19)17-12-7-5-6-8-13(12)20-3/h5-8,16,18H,4,9-11H2,1-3H3,(H,17,19). The van der Waals surface area contributed by atoms with Gasteiger partial charge < -0.3 is 20.5 Å².